The zero-order chi connectivity index (χ0) is 26.4. The summed E-state index contributed by atoms with van der Waals surface area (Å²) in [6.07, 6.45) is 0.709. The highest BCUT2D eigenvalue weighted by molar-refractivity contribution is 7.15. The number of hydrogen-bond acceptors (Lipinski definition) is 9. The highest BCUT2D eigenvalue weighted by Crippen LogP contribution is 2.47. The molecule has 1 amide bonds. The lowest BCUT2D eigenvalue weighted by atomic mass is 9.98. The van der Waals surface area contributed by atoms with E-state index in [1.807, 2.05) is 0 Å². The normalized spacial score (nSPS) is 14.9. The van der Waals surface area contributed by atoms with Gasteiger partial charge in [0.15, 0.2) is 16.9 Å². The molecule has 0 aliphatic carbocycles. The zero-order valence-corrected chi connectivity index (χ0v) is 22.4. The standard InChI is InChI=1S/C26H24ClN3O6S/c1-12(2)8-19-28-29-26(37-19)30-21(13-9-17(33-3)23(35-5)18(10-13)34-4)20-22(31)15-11-14(27)6-7-16(15)36-24(20)25(30)32/h6-7,9-12,21H,8H2,1-5H3. The number of benzene rings is 2. The van der Waals surface area contributed by atoms with Crippen LogP contribution in [-0.2, 0) is 6.42 Å². The molecule has 1 aliphatic heterocycles. The Kier molecular flexibility index (Phi) is 6.55. The van der Waals surface area contributed by atoms with Gasteiger partial charge in [-0.1, -0.05) is 36.8 Å². The summed E-state index contributed by atoms with van der Waals surface area (Å²) in [5.41, 5.74) is 0.635. The Hall–Kier alpha value is -3.63. The third-order valence-electron chi connectivity index (χ3n) is 6.08. The highest BCUT2D eigenvalue weighted by atomic mass is 35.5. The minimum absolute atomic E-state index is 0.0563. The molecule has 0 radical (unpaired) electrons. The topological polar surface area (TPSA) is 104 Å². The fourth-order valence-corrected chi connectivity index (χ4v) is 5.74. The summed E-state index contributed by atoms with van der Waals surface area (Å²) in [4.78, 5) is 29.1. The first kappa shape index (κ1) is 25.0. The van der Waals surface area contributed by atoms with Crippen LogP contribution < -0.4 is 24.5 Å². The van der Waals surface area contributed by atoms with Crippen molar-refractivity contribution in [1.82, 2.24) is 10.2 Å². The lowest BCUT2D eigenvalue weighted by Crippen LogP contribution is -2.29. The summed E-state index contributed by atoms with van der Waals surface area (Å²) in [5, 5.41) is 10.4. The van der Waals surface area contributed by atoms with Crippen LogP contribution in [0, 0.1) is 5.92 Å². The molecule has 5 rings (SSSR count). The number of fused-ring (bicyclic) bond motifs is 2. The third-order valence-corrected chi connectivity index (χ3v) is 7.26. The summed E-state index contributed by atoms with van der Waals surface area (Å²) in [6.45, 7) is 4.16. The average Bonchev–Trinajstić information content (AvgIpc) is 3.45. The second-order valence-corrected chi connectivity index (χ2v) is 10.4. The van der Waals surface area contributed by atoms with E-state index in [0.29, 0.717) is 45.3 Å². The second kappa shape index (κ2) is 9.68. The molecule has 4 aromatic rings. The quantitative estimate of drug-likeness (QED) is 0.311. The van der Waals surface area contributed by atoms with Gasteiger partial charge in [0, 0.05) is 11.4 Å². The number of carbonyl (C=O) groups excluding carboxylic acids is 1. The van der Waals surface area contributed by atoms with Crippen molar-refractivity contribution in [1.29, 1.82) is 0 Å². The van der Waals surface area contributed by atoms with Crippen molar-refractivity contribution in [3.8, 4) is 17.2 Å². The Bertz CT molecular complexity index is 1560. The Morgan fingerprint density at radius 2 is 1.76 bits per heavy atom. The van der Waals surface area contributed by atoms with Crippen LogP contribution in [-0.4, -0.2) is 37.4 Å². The van der Waals surface area contributed by atoms with Gasteiger partial charge in [-0.05, 0) is 41.8 Å². The maximum absolute atomic E-state index is 13.8. The van der Waals surface area contributed by atoms with E-state index in [0.717, 1.165) is 5.01 Å². The van der Waals surface area contributed by atoms with Crippen LogP contribution in [0.3, 0.4) is 0 Å². The molecule has 0 spiro atoms. The van der Waals surface area contributed by atoms with Gasteiger partial charge in [-0.15, -0.1) is 10.2 Å². The number of anilines is 1. The SMILES string of the molecule is COc1cc(C2c3c(oc4ccc(Cl)cc4c3=O)C(=O)N2c2nnc(CC(C)C)s2)cc(OC)c1OC. The molecule has 37 heavy (non-hydrogen) atoms. The molecule has 1 aliphatic rings. The summed E-state index contributed by atoms with van der Waals surface area (Å²) in [6, 6.07) is 7.26. The molecule has 0 bridgehead atoms. The highest BCUT2D eigenvalue weighted by Gasteiger charge is 2.45. The van der Waals surface area contributed by atoms with E-state index in [1.165, 1.54) is 43.6 Å². The predicted molar refractivity (Wildman–Crippen MR) is 141 cm³/mol. The molecule has 1 unspecified atom stereocenters. The Labute approximate surface area is 221 Å². The van der Waals surface area contributed by atoms with Gasteiger partial charge >= 0.3 is 0 Å². The Morgan fingerprint density at radius 1 is 1.05 bits per heavy atom. The zero-order valence-electron chi connectivity index (χ0n) is 20.8. The number of halogens is 1. The van der Waals surface area contributed by atoms with E-state index in [-0.39, 0.29) is 27.7 Å². The lowest BCUT2D eigenvalue weighted by Gasteiger charge is -2.24. The van der Waals surface area contributed by atoms with Crippen molar-refractivity contribution < 1.29 is 23.4 Å². The number of hydrogen-bond donors (Lipinski definition) is 0. The Balaban J connectivity index is 1.79. The minimum atomic E-state index is -0.879. The van der Waals surface area contributed by atoms with Crippen molar-refractivity contribution in [3.05, 3.63) is 67.5 Å². The van der Waals surface area contributed by atoms with Crippen molar-refractivity contribution in [3.63, 3.8) is 0 Å². The summed E-state index contributed by atoms with van der Waals surface area (Å²) < 4.78 is 22.6. The van der Waals surface area contributed by atoms with E-state index in [9.17, 15) is 9.59 Å². The molecule has 11 heteroatoms. The van der Waals surface area contributed by atoms with Crippen LogP contribution in [0.15, 0.2) is 39.5 Å². The van der Waals surface area contributed by atoms with Crippen LogP contribution in [0.4, 0.5) is 5.13 Å². The minimum Gasteiger partial charge on any atom is -0.493 e. The molecule has 192 valence electrons. The predicted octanol–water partition coefficient (Wildman–Crippen LogP) is 5.27. The second-order valence-electron chi connectivity index (χ2n) is 8.93. The molecule has 2 aromatic heterocycles. The number of aromatic nitrogens is 2. The largest absolute Gasteiger partial charge is 0.493 e. The first-order valence-electron chi connectivity index (χ1n) is 11.5. The van der Waals surface area contributed by atoms with E-state index < -0.39 is 11.9 Å². The molecule has 1 atom stereocenters. The molecular weight excluding hydrogens is 518 g/mol. The molecule has 2 aromatic carbocycles. The maximum Gasteiger partial charge on any atom is 0.297 e. The molecule has 0 fully saturated rings. The first-order valence-corrected chi connectivity index (χ1v) is 12.7. The van der Waals surface area contributed by atoms with Crippen LogP contribution in [0.5, 0.6) is 17.2 Å². The van der Waals surface area contributed by atoms with E-state index in [4.69, 9.17) is 30.2 Å². The maximum atomic E-state index is 13.8. The Morgan fingerprint density at radius 3 is 2.38 bits per heavy atom. The van der Waals surface area contributed by atoms with Gasteiger partial charge in [0.05, 0.1) is 38.3 Å². The van der Waals surface area contributed by atoms with Gasteiger partial charge in [-0.3, -0.25) is 14.5 Å². The number of amides is 1. The smallest absolute Gasteiger partial charge is 0.297 e. The fourth-order valence-electron chi connectivity index (χ4n) is 4.49. The van der Waals surface area contributed by atoms with Gasteiger partial charge in [0.25, 0.3) is 5.91 Å². The average molecular weight is 542 g/mol. The van der Waals surface area contributed by atoms with Crippen LogP contribution in [0.2, 0.25) is 5.02 Å². The molecule has 0 saturated heterocycles. The number of carbonyl (C=O) groups is 1. The van der Waals surface area contributed by atoms with E-state index in [1.54, 1.807) is 24.3 Å². The van der Waals surface area contributed by atoms with E-state index >= 15 is 0 Å². The van der Waals surface area contributed by atoms with Gasteiger partial charge in [0.2, 0.25) is 16.6 Å². The number of nitrogens with zero attached hydrogens (tertiary/aromatic N) is 3. The summed E-state index contributed by atoms with van der Waals surface area (Å²) >= 11 is 7.49. The van der Waals surface area contributed by atoms with E-state index in [2.05, 4.69) is 24.0 Å². The number of methoxy groups -OCH3 is 3. The molecule has 0 saturated carbocycles. The summed E-state index contributed by atoms with van der Waals surface area (Å²) in [5.74, 6) is 0.954. The van der Waals surface area contributed by atoms with Crippen molar-refractivity contribution in [2.24, 2.45) is 5.92 Å². The van der Waals surface area contributed by atoms with Gasteiger partial charge in [-0.25, -0.2) is 0 Å². The van der Waals surface area contributed by atoms with Gasteiger partial charge < -0.3 is 18.6 Å². The number of ether oxygens (including phenoxy) is 3. The molecule has 9 nitrogen and oxygen atoms in total. The fraction of sp³-hybridized carbons (Fsp3) is 0.308. The third kappa shape index (κ3) is 4.19. The van der Waals surface area contributed by atoms with Gasteiger partial charge in [0.1, 0.15) is 10.6 Å². The lowest BCUT2D eigenvalue weighted by molar-refractivity contribution is 0.0970. The van der Waals surface area contributed by atoms with Crippen LogP contribution >= 0.6 is 22.9 Å². The van der Waals surface area contributed by atoms with Crippen LogP contribution in [0.1, 0.15) is 46.6 Å². The monoisotopic (exact) mass is 541 g/mol. The van der Waals surface area contributed by atoms with Crippen LogP contribution in [0.25, 0.3) is 11.0 Å². The van der Waals surface area contributed by atoms with Crippen molar-refractivity contribution in [2.75, 3.05) is 26.2 Å². The molecular formula is C26H24ClN3O6S. The molecule has 0 N–H and O–H groups in total. The first-order chi connectivity index (χ1) is 17.8. The number of rotatable bonds is 7. The van der Waals surface area contributed by atoms with Gasteiger partial charge in [-0.2, -0.15) is 0 Å². The van der Waals surface area contributed by atoms with Crippen molar-refractivity contribution >= 4 is 44.9 Å². The van der Waals surface area contributed by atoms with Crippen molar-refractivity contribution in [2.45, 2.75) is 26.3 Å². The summed E-state index contributed by atoms with van der Waals surface area (Å²) in [7, 11) is 4.50. The molecule has 3 heterocycles.